The molecule has 7 nitrogen and oxygen atoms in total. The fourth-order valence-corrected chi connectivity index (χ4v) is 3.60. The standard InChI is InChI=1S/C28H34N2O5/c1-6-20(2)30(28(31)29-24-14-13-23(32-3)17-26(24)33-4)18-22-12-15-25(27(16-22)34-5)35-19-21-10-8-7-9-11-21/h7-17,20H,6,18-19H2,1-5H3,(H,29,31). The molecule has 3 aromatic rings. The summed E-state index contributed by atoms with van der Waals surface area (Å²) in [6.07, 6.45) is 0.808. The van der Waals surface area contributed by atoms with Crippen molar-refractivity contribution in [1.29, 1.82) is 0 Å². The first-order valence-electron chi connectivity index (χ1n) is 11.6. The quantitative estimate of drug-likeness (QED) is 0.359. The molecule has 0 aliphatic carbocycles. The lowest BCUT2D eigenvalue weighted by molar-refractivity contribution is 0.186. The van der Waals surface area contributed by atoms with Gasteiger partial charge in [-0.05, 0) is 48.7 Å². The van der Waals surface area contributed by atoms with Crippen LogP contribution in [0.4, 0.5) is 10.5 Å². The van der Waals surface area contributed by atoms with Gasteiger partial charge in [0.2, 0.25) is 0 Å². The lowest BCUT2D eigenvalue weighted by atomic mass is 10.1. The van der Waals surface area contributed by atoms with E-state index in [-0.39, 0.29) is 12.1 Å². The second-order valence-corrected chi connectivity index (χ2v) is 8.14. The number of urea groups is 1. The van der Waals surface area contributed by atoms with E-state index in [1.807, 2.05) is 55.5 Å². The highest BCUT2D eigenvalue weighted by Crippen LogP contribution is 2.31. The predicted octanol–water partition coefficient (Wildman–Crippen LogP) is 6.12. The Morgan fingerprint density at radius 2 is 1.60 bits per heavy atom. The summed E-state index contributed by atoms with van der Waals surface area (Å²) in [6.45, 7) is 4.94. The van der Waals surface area contributed by atoms with Crippen LogP contribution in [0.15, 0.2) is 66.7 Å². The fourth-order valence-electron chi connectivity index (χ4n) is 3.60. The molecule has 0 fully saturated rings. The van der Waals surface area contributed by atoms with Crippen LogP contribution in [0.5, 0.6) is 23.0 Å². The van der Waals surface area contributed by atoms with Gasteiger partial charge < -0.3 is 29.2 Å². The van der Waals surface area contributed by atoms with E-state index >= 15 is 0 Å². The normalized spacial score (nSPS) is 11.3. The lowest BCUT2D eigenvalue weighted by Gasteiger charge is -2.29. The number of methoxy groups -OCH3 is 3. The molecule has 1 unspecified atom stereocenters. The summed E-state index contributed by atoms with van der Waals surface area (Å²) < 4.78 is 22.2. The molecule has 186 valence electrons. The molecule has 35 heavy (non-hydrogen) atoms. The third-order valence-corrected chi connectivity index (χ3v) is 5.85. The van der Waals surface area contributed by atoms with Gasteiger partial charge in [-0.15, -0.1) is 0 Å². The fraction of sp³-hybridized carbons (Fsp3) is 0.321. The van der Waals surface area contributed by atoms with Crippen LogP contribution in [0, 0.1) is 0 Å². The third kappa shape index (κ3) is 6.82. The van der Waals surface area contributed by atoms with Crippen LogP contribution in [-0.2, 0) is 13.2 Å². The van der Waals surface area contributed by atoms with E-state index in [2.05, 4.69) is 12.2 Å². The molecule has 0 saturated carbocycles. The molecule has 0 spiro atoms. The van der Waals surface area contributed by atoms with Crippen LogP contribution in [0.25, 0.3) is 0 Å². The SMILES string of the molecule is CCC(C)N(Cc1ccc(OCc2ccccc2)c(OC)c1)C(=O)Nc1ccc(OC)cc1OC. The maximum Gasteiger partial charge on any atom is 0.322 e. The van der Waals surface area contributed by atoms with Gasteiger partial charge in [-0.2, -0.15) is 0 Å². The number of amides is 2. The van der Waals surface area contributed by atoms with Crippen molar-refractivity contribution in [2.75, 3.05) is 26.6 Å². The van der Waals surface area contributed by atoms with Crippen molar-refractivity contribution < 1.29 is 23.7 Å². The summed E-state index contributed by atoms with van der Waals surface area (Å²) in [5.41, 5.74) is 2.59. The number of rotatable bonds is 11. The minimum atomic E-state index is -0.216. The number of anilines is 1. The van der Waals surface area contributed by atoms with Gasteiger partial charge in [-0.1, -0.05) is 43.3 Å². The number of benzene rings is 3. The molecule has 1 atom stereocenters. The van der Waals surface area contributed by atoms with Gasteiger partial charge in [-0.3, -0.25) is 0 Å². The third-order valence-electron chi connectivity index (χ3n) is 5.85. The zero-order chi connectivity index (χ0) is 25.2. The smallest absolute Gasteiger partial charge is 0.322 e. The number of nitrogens with zero attached hydrogens (tertiary/aromatic N) is 1. The summed E-state index contributed by atoms with van der Waals surface area (Å²) in [7, 11) is 4.76. The van der Waals surface area contributed by atoms with Crippen molar-refractivity contribution in [3.8, 4) is 23.0 Å². The predicted molar refractivity (Wildman–Crippen MR) is 138 cm³/mol. The van der Waals surface area contributed by atoms with Crippen molar-refractivity contribution in [1.82, 2.24) is 4.90 Å². The van der Waals surface area contributed by atoms with E-state index in [4.69, 9.17) is 18.9 Å². The zero-order valence-corrected chi connectivity index (χ0v) is 21.0. The molecule has 1 N–H and O–H groups in total. The van der Waals surface area contributed by atoms with Gasteiger partial charge in [0.25, 0.3) is 0 Å². The van der Waals surface area contributed by atoms with Gasteiger partial charge in [0.15, 0.2) is 11.5 Å². The number of carbonyl (C=O) groups is 1. The van der Waals surface area contributed by atoms with E-state index < -0.39 is 0 Å². The average Bonchev–Trinajstić information content (AvgIpc) is 2.90. The topological polar surface area (TPSA) is 69.3 Å². The Balaban J connectivity index is 1.76. The van der Waals surface area contributed by atoms with Gasteiger partial charge >= 0.3 is 6.03 Å². The van der Waals surface area contributed by atoms with Crippen molar-refractivity contribution in [3.05, 3.63) is 77.9 Å². The Bertz CT molecular complexity index is 1100. The van der Waals surface area contributed by atoms with Gasteiger partial charge in [0, 0.05) is 18.7 Å². The highest BCUT2D eigenvalue weighted by atomic mass is 16.5. The van der Waals surface area contributed by atoms with Crippen LogP contribution >= 0.6 is 0 Å². The molecule has 2 amide bonds. The highest BCUT2D eigenvalue weighted by Gasteiger charge is 2.21. The molecule has 7 heteroatoms. The van der Waals surface area contributed by atoms with Crippen LogP contribution < -0.4 is 24.3 Å². The number of nitrogens with one attached hydrogen (secondary N) is 1. The second-order valence-electron chi connectivity index (χ2n) is 8.14. The van der Waals surface area contributed by atoms with Crippen LogP contribution in [0.2, 0.25) is 0 Å². The Morgan fingerprint density at radius 3 is 2.26 bits per heavy atom. The first-order valence-corrected chi connectivity index (χ1v) is 11.6. The Kier molecular flexibility index (Phi) is 9.23. The van der Waals surface area contributed by atoms with Gasteiger partial charge in [0.05, 0.1) is 27.0 Å². The number of carbonyl (C=O) groups excluding carboxylic acids is 1. The average molecular weight is 479 g/mol. The molecule has 0 heterocycles. The largest absolute Gasteiger partial charge is 0.497 e. The molecule has 0 saturated heterocycles. The summed E-state index contributed by atoms with van der Waals surface area (Å²) in [5.74, 6) is 2.46. The first-order chi connectivity index (χ1) is 17.0. The van der Waals surface area contributed by atoms with Crippen LogP contribution in [0.1, 0.15) is 31.4 Å². The minimum Gasteiger partial charge on any atom is -0.497 e. The van der Waals surface area contributed by atoms with Crippen molar-refractivity contribution >= 4 is 11.7 Å². The summed E-state index contributed by atoms with van der Waals surface area (Å²) >= 11 is 0. The molecular weight excluding hydrogens is 444 g/mol. The number of ether oxygens (including phenoxy) is 4. The minimum absolute atomic E-state index is 0.0132. The van der Waals surface area contributed by atoms with E-state index in [9.17, 15) is 4.79 Å². The number of hydrogen-bond acceptors (Lipinski definition) is 5. The van der Waals surface area contributed by atoms with Crippen LogP contribution in [-0.4, -0.2) is 38.3 Å². The van der Waals surface area contributed by atoms with Crippen molar-refractivity contribution in [2.45, 2.75) is 39.5 Å². The molecule has 0 radical (unpaired) electrons. The Morgan fingerprint density at radius 1 is 0.857 bits per heavy atom. The van der Waals surface area contributed by atoms with Gasteiger partial charge in [0.1, 0.15) is 18.1 Å². The molecule has 0 aliphatic rings. The summed E-state index contributed by atoms with van der Waals surface area (Å²) in [6, 6.07) is 20.8. The Labute approximate surface area is 207 Å². The van der Waals surface area contributed by atoms with E-state index in [0.29, 0.717) is 41.8 Å². The Hall–Kier alpha value is -3.87. The molecule has 0 bridgehead atoms. The molecule has 3 aromatic carbocycles. The van der Waals surface area contributed by atoms with E-state index in [0.717, 1.165) is 17.5 Å². The van der Waals surface area contributed by atoms with E-state index in [1.54, 1.807) is 44.4 Å². The maximum atomic E-state index is 13.3. The molecule has 0 aliphatic heterocycles. The first kappa shape index (κ1) is 25.7. The summed E-state index contributed by atoms with van der Waals surface area (Å²) in [5, 5.41) is 2.98. The van der Waals surface area contributed by atoms with Crippen molar-refractivity contribution in [2.24, 2.45) is 0 Å². The molecule has 3 rings (SSSR count). The van der Waals surface area contributed by atoms with Gasteiger partial charge in [-0.25, -0.2) is 4.79 Å². The highest BCUT2D eigenvalue weighted by molar-refractivity contribution is 5.91. The monoisotopic (exact) mass is 478 g/mol. The van der Waals surface area contributed by atoms with E-state index in [1.165, 1.54) is 0 Å². The summed E-state index contributed by atoms with van der Waals surface area (Å²) in [4.78, 5) is 15.1. The molecule has 0 aromatic heterocycles. The number of hydrogen-bond donors (Lipinski definition) is 1. The zero-order valence-electron chi connectivity index (χ0n) is 21.0. The maximum absolute atomic E-state index is 13.3. The van der Waals surface area contributed by atoms with Crippen LogP contribution in [0.3, 0.4) is 0 Å². The lowest BCUT2D eigenvalue weighted by Crippen LogP contribution is -2.40. The molecular formula is C28H34N2O5. The van der Waals surface area contributed by atoms with Crippen molar-refractivity contribution in [3.63, 3.8) is 0 Å². The second kappa shape index (κ2) is 12.6.